The molecule has 7 heteroatoms. The number of aromatic nitrogens is 1. The number of anilines is 1. The van der Waals surface area contributed by atoms with Crippen LogP contribution in [0.5, 0.6) is 0 Å². The predicted molar refractivity (Wildman–Crippen MR) is 150 cm³/mol. The van der Waals surface area contributed by atoms with Crippen LogP contribution in [0.2, 0.25) is 0 Å². The molecule has 0 aliphatic heterocycles. The van der Waals surface area contributed by atoms with Gasteiger partial charge in [-0.2, -0.15) is 0 Å². The Morgan fingerprint density at radius 2 is 1.71 bits per heavy atom. The highest BCUT2D eigenvalue weighted by atomic mass is 19.1. The molecule has 1 aliphatic rings. The first-order valence-corrected chi connectivity index (χ1v) is 13.2. The number of nitrogens with zero attached hydrogens (tertiary/aromatic N) is 2. The number of hydrogen-bond acceptors (Lipinski definition) is 4. The average Bonchev–Trinajstić information content (AvgIpc) is 2.88. The molecule has 0 bridgehead atoms. The van der Waals surface area contributed by atoms with Gasteiger partial charge in [0.05, 0.1) is 17.6 Å². The van der Waals surface area contributed by atoms with Crippen LogP contribution in [0.25, 0.3) is 22.4 Å². The van der Waals surface area contributed by atoms with E-state index in [-0.39, 0.29) is 29.6 Å². The lowest BCUT2D eigenvalue weighted by molar-refractivity contribution is -0.130. The number of rotatable bonds is 7. The van der Waals surface area contributed by atoms with E-state index in [0.29, 0.717) is 28.9 Å². The third-order valence-electron chi connectivity index (χ3n) is 7.57. The summed E-state index contributed by atoms with van der Waals surface area (Å²) >= 11 is 0. The quantitative estimate of drug-likeness (QED) is 0.396. The zero-order valence-electron chi connectivity index (χ0n) is 22.6. The van der Waals surface area contributed by atoms with Crippen LogP contribution in [-0.2, 0) is 15.1 Å². The second-order valence-corrected chi connectivity index (χ2v) is 11.0. The lowest BCUT2D eigenvalue weighted by Crippen LogP contribution is -2.38. The molecule has 1 aliphatic carbocycles. The topological polar surface area (TPSA) is 88.3 Å². The maximum Gasteiger partial charge on any atom is 0.224 e. The average molecular weight is 517 g/mol. The van der Waals surface area contributed by atoms with Gasteiger partial charge in [0.2, 0.25) is 11.8 Å². The van der Waals surface area contributed by atoms with Crippen LogP contribution in [0.15, 0.2) is 60.8 Å². The Balaban J connectivity index is 1.53. The summed E-state index contributed by atoms with van der Waals surface area (Å²) in [5, 5.41) is 2.97. The molecule has 1 heterocycles. The second kappa shape index (κ2) is 11.4. The fourth-order valence-electron chi connectivity index (χ4n) is 5.17. The molecule has 2 amide bonds. The highest BCUT2D eigenvalue weighted by Gasteiger charge is 2.26. The molecule has 38 heavy (non-hydrogen) atoms. The van der Waals surface area contributed by atoms with E-state index in [0.717, 1.165) is 36.8 Å². The van der Waals surface area contributed by atoms with E-state index in [1.807, 2.05) is 45.2 Å². The van der Waals surface area contributed by atoms with Gasteiger partial charge in [-0.25, -0.2) is 4.39 Å². The molecule has 0 radical (unpaired) electrons. The van der Waals surface area contributed by atoms with E-state index in [1.54, 1.807) is 42.3 Å². The minimum atomic E-state index is -0.475. The van der Waals surface area contributed by atoms with Crippen molar-refractivity contribution >= 4 is 17.5 Å². The van der Waals surface area contributed by atoms with Crippen LogP contribution in [0.4, 0.5) is 10.1 Å². The maximum absolute atomic E-state index is 14.9. The Kier molecular flexibility index (Phi) is 8.26. The van der Waals surface area contributed by atoms with Gasteiger partial charge in [-0.3, -0.25) is 14.6 Å². The highest BCUT2D eigenvalue weighted by molar-refractivity contribution is 5.93. The molecule has 200 valence electrons. The van der Waals surface area contributed by atoms with Gasteiger partial charge in [0.1, 0.15) is 5.82 Å². The number of benzene rings is 2. The van der Waals surface area contributed by atoms with E-state index >= 15 is 0 Å². The molecule has 0 atom stereocenters. The Morgan fingerprint density at radius 1 is 1.05 bits per heavy atom. The largest absolute Gasteiger partial charge is 0.343 e. The second-order valence-electron chi connectivity index (χ2n) is 11.0. The first-order chi connectivity index (χ1) is 18.0. The number of pyridine rings is 1. The molecule has 1 aromatic heterocycles. The third-order valence-corrected chi connectivity index (χ3v) is 7.57. The van der Waals surface area contributed by atoms with E-state index in [9.17, 15) is 14.0 Å². The summed E-state index contributed by atoms with van der Waals surface area (Å²) in [5.74, 6) is -0.0925. The first kappa shape index (κ1) is 27.5. The van der Waals surface area contributed by atoms with E-state index in [4.69, 9.17) is 5.73 Å². The molecule has 0 unspecified atom stereocenters. The monoisotopic (exact) mass is 516 g/mol. The molecule has 0 spiro atoms. The van der Waals surface area contributed by atoms with Gasteiger partial charge in [0.25, 0.3) is 0 Å². The normalized spacial score (nSPS) is 17.6. The Labute approximate surface area is 224 Å². The lowest BCUT2D eigenvalue weighted by atomic mass is 9.83. The van der Waals surface area contributed by atoms with Gasteiger partial charge in [0.15, 0.2) is 0 Å². The van der Waals surface area contributed by atoms with Crippen molar-refractivity contribution in [2.24, 2.45) is 11.7 Å². The molecule has 1 fully saturated rings. The summed E-state index contributed by atoms with van der Waals surface area (Å²) in [6.07, 6.45) is 5.65. The summed E-state index contributed by atoms with van der Waals surface area (Å²) in [7, 11) is 1.84. The summed E-state index contributed by atoms with van der Waals surface area (Å²) in [5.41, 5.74) is 9.76. The van der Waals surface area contributed by atoms with Crippen LogP contribution in [0.1, 0.15) is 58.4 Å². The Hall–Kier alpha value is -3.58. The van der Waals surface area contributed by atoms with Gasteiger partial charge in [-0.15, -0.1) is 0 Å². The van der Waals surface area contributed by atoms with E-state index < -0.39 is 5.54 Å². The standard InChI is InChI=1S/C31H37FN4O2/c1-20(37)36(4)25-15-9-21(10-16-25)17-29(38)35-24-18-27(26-7-5-6-8-28(26)32)30(34-19-24)22-11-13-23(14-12-22)31(2,3)33/h5-8,11-14,18-19,21,25H,9-10,15-17,33H2,1-4H3,(H,35,38). The van der Waals surface area contributed by atoms with Crippen molar-refractivity contribution in [3.8, 4) is 22.4 Å². The SMILES string of the molecule is CC(=O)N(C)C1CCC(CC(=O)Nc2cnc(-c3ccc(C(C)(C)N)cc3)c(-c3ccccc3F)c2)CC1. The van der Waals surface area contributed by atoms with Crippen LogP contribution in [0, 0.1) is 11.7 Å². The Morgan fingerprint density at radius 3 is 2.32 bits per heavy atom. The van der Waals surface area contributed by atoms with Crippen LogP contribution < -0.4 is 11.1 Å². The molecule has 1 saturated carbocycles. The van der Waals surface area contributed by atoms with Gasteiger partial charge >= 0.3 is 0 Å². The van der Waals surface area contributed by atoms with Gasteiger partial charge < -0.3 is 16.0 Å². The summed E-state index contributed by atoms with van der Waals surface area (Å²) in [6.45, 7) is 5.47. The van der Waals surface area contributed by atoms with E-state index in [2.05, 4.69) is 10.3 Å². The predicted octanol–water partition coefficient (Wildman–Crippen LogP) is 6.11. The van der Waals surface area contributed by atoms with E-state index in [1.165, 1.54) is 6.07 Å². The number of hydrogen-bond donors (Lipinski definition) is 2. The maximum atomic E-state index is 14.9. The number of halogens is 1. The minimum Gasteiger partial charge on any atom is -0.343 e. The number of nitrogens with two attached hydrogens (primary N) is 1. The minimum absolute atomic E-state index is 0.0759. The molecule has 3 aromatic rings. The Bertz CT molecular complexity index is 1290. The molecule has 2 aromatic carbocycles. The fourth-order valence-corrected chi connectivity index (χ4v) is 5.17. The first-order valence-electron chi connectivity index (χ1n) is 13.2. The van der Waals surface area contributed by atoms with Gasteiger partial charge in [0, 0.05) is 48.7 Å². The van der Waals surface area contributed by atoms with Crippen molar-refractivity contribution < 1.29 is 14.0 Å². The third kappa shape index (κ3) is 6.45. The molecular formula is C31H37FN4O2. The number of nitrogens with one attached hydrogen (secondary N) is 1. The molecule has 3 N–H and O–H groups in total. The smallest absolute Gasteiger partial charge is 0.224 e. The highest BCUT2D eigenvalue weighted by Crippen LogP contribution is 2.35. The number of carbonyl (C=O) groups is 2. The van der Waals surface area contributed by atoms with Crippen LogP contribution >= 0.6 is 0 Å². The number of amides is 2. The summed E-state index contributed by atoms with van der Waals surface area (Å²) in [6, 6.07) is 16.4. The summed E-state index contributed by atoms with van der Waals surface area (Å²) in [4.78, 5) is 31.0. The van der Waals surface area contributed by atoms with Crippen LogP contribution in [0.3, 0.4) is 0 Å². The number of carbonyl (C=O) groups excluding carboxylic acids is 2. The van der Waals surface area contributed by atoms with Crippen molar-refractivity contribution in [3.05, 3.63) is 72.2 Å². The van der Waals surface area contributed by atoms with Crippen molar-refractivity contribution in [3.63, 3.8) is 0 Å². The zero-order valence-corrected chi connectivity index (χ0v) is 22.6. The lowest BCUT2D eigenvalue weighted by Gasteiger charge is -2.34. The zero-order chi connectivity index (χ0) is 27.4. The van der Waals surface area contributed by atoms with Crippen molar-refractivity contribution in [2.45, 2.75) is 64.5 Å². The van der Waals surface area contributed by atoms with Gasteiger partial charge in [-0.05, 0) is 63.1 Å². The molecular weight excluding hydrogens is 479 g/mol. The van der Waals surface area contributed by atoms with Crippen molar-refractivity contribution in [1.82, 2.24) is 9.88 Å². The van der Waals surface area contributed by atoms with Crippen molar-refractivity contribution in [2.75, 3.05) is 12.4 Å². The fraction of sp³-hybridized carbons (Fsp3) is 0.387. The summed E-state index contributed by atoms with van der Waals surface area (Å²) < 4.78 is 14.9. The van der Waals surface area contributed by atoms with Crippen LogP contribution in [-0.4, -0.2) is 34.8 Å². The molecule has 0 saturated heterocycles. The van der Waals surface area contributed by atoms with Gasteiger partial charge in [-0.1, -0.05) is 42.5 Å². The molecule has 4 rings (SSSR count). The molecule has 6 nitrogen and oxygen atoms in total. The van der Waals surface area contributed by atoms with Crippen molar-refractivity contribution in [1.29, 1.82) is 0 Å².